The van der Waals surface area contributed by atoms with Gasteiger partial charge >= 0.3 is 0 Å². The SMILES string of the molecule is CCCc1ccc(NS(=O)(=O)C(C)CNC(C)C)cc1. The molecule has 0 amide bonds. The van der Waals surface area contributed by atoms with Crippen molar-refractivity contribution < 1.29 is 8.42 Å². The molecule has 1 aromatic carbocycles. The van der Waals surface area contributed by atoms with Crippen LogP contribution in [0.15, 0.2) is 24.3 Å². The summed E-state index contributed by atoms with van der Waals surface area (Å²) < 4.78 is 27.0. The van der Waals surface area contributed by atoms with Gasteiger partial charge in [-0.2, -0.15) is 0 Å². The normalized spacial score (nSPS) is 13.4. The Morgan fingerprint density at radius 2 is 1.70 bits per heavy atom. The summed E-state index contributed by atoms with van der Waals surface area (Å²) in [5.74, 6) is 0. The molecule has 20 heavy (non-hydrogen) atoms. The highest BCUT2D eigenvalue weighted by molar-refractivity contribution is 7.93. The highest BCUT2D eigenvalue weighted by Crippen LogP contribution is 2.14. The highest BCUT2D eigenvalue weighted by Gasteiger charge is 2.20. The zero-order valence-corrected chi connectivity index (χ0v) is 13.6. The number of hydrogen-bond acceptors (Lipinski definition) is 3. The molecular weight excluding hydrogens is 272 g/mol. The summed E-state index contributed by atoms with van der Waals surface area (Å²) in [4.78, 5) is 0. The number of aryl methyl sites for hydroxylation is 1. The van der Waals surface area contributed by atoms with Crippen molar-refractivity contribution in [3.63, 3.8) is 0 Å². The molecule has 0 spiro atoms. The van der Waals surface area contributed by atoms with Gasteiger partial charge in [0.15, 0.2) is 0 Å². The average molecular weight is 298 g/mol. The Hall–Kier alpha value is -1.07. The third-order valence-corrected chi connectivity index (χ3v) is 4.84. The van der Waals surface area contributed by atoms with Crippen LogP contribution < -0.4 is 10.0 Å². The second kappa shape index (κ2) is 7.64. The Morgan fingerprint density at radius 3 is 2.20 bits per heavy atom. The number of sulfonamides is 1. The summed E-state index contributed by atoms with van der Waals surface area (Å²) in [5, 5.41) is 2.67. The zero-order valence-electron chi connectivity index (χ0n) is 12.8. The lowest BCUT2D eigenvalue weighted by Crippen LogP contribution is -2.37. The van der Waals surface area contributed by atoms with Crippen molar-refractivity contribution in [2.45, 2.75) is 51.8 Å². The summed E-state index contributed by atoms with van der Waals surface area (Å²) in [6.45, 7) is 8.28. The van der Waals surface area contributed by atoms with Crippen LogP contribution in [0, 0.1) is 0 Å². The van der Waals surface area contributed by atoms with Crippen LogP contribution in [0.4, 0.5) is 5.69 Å². The minimum absolute atomic E-state index is 0.279. The van der Waals surface area contributed by atoms with Crippen molar-refractivity contribution in [1.29, 1.82) is 0 Å². The molecule has 0 fully saturated rings. The van der Waals surface area contributed by atoms with Gasteiger partial charge in [-0.3, -0.25) is 4.72 Å². The third kappa shape index (κ3) is 5.51. The second-order valence-corrected chi connectivity index (χ2v) is 7.57. The van der Waals surface area contributed by atoms with Crippen molar-refractivity contribution in [2.24, 2.45) is 0 Å². The Balaban J connectivity index is 2.65. The van der Waals surface area contributed by atoms with Gasteiger partial charge in [0.1, 0.15) is 0 Å². The fraction of sp³-hybridized carbons (Fsp3) is 0.600. The Morgan fingerprint density at radius 1 is 1.10 bits per heavy atom. The fourth-order valence-corrected chi connectivity index (χ4v) is 2.79. The van der Waals surface area contributed by atoms with Crippen LogP contribution >= 0.6 is 0 Å². The van der Waals surface area contributed by atoms with E-state index in [9.17, 15) is 8.42 Å². The molecule has 1 aromatic rings. The number of hydrogen-bond donors (Lipinski definition) is 2. The van der Waals surface area contributed by atoms with E-state index in [1.165, 1.54) is 5.56 Å². The molecule has 4 nitrogen and oxygen atoms in total. The monoisotopic (exact) mass is 298 g/mol. The van der Waals surface area contributed by atoms with Crippen molar-refractivity contribution >= 4 is 15.7 Å². The molecule has 1 atom stereocenters. The van der Waals surface area contributed by atoms with Crippen LogP contribution in [0.5, 0.6) is 0 Å². The number of nitrogens with one attached hydrogen (secondary N) is 2. The van der Waals surface area contributed by atoms with Crippen LogP contribution in [0.25, 0.3) is 0 Å². The van der Waals surface area contributed by atoms with Gasteiger partial charge in [-0.15, -0.1) is 0 Å². The molecule has 0 aliphatic heterocycles. The molecule has 1 rings (SSSR count). The van der Waals surface area contributed by atoms with Crippen LogP contribution in [0.2, 0.25) is 0 Å². The molecular formula is C15H26N2O2S. The summed E-state index contributed by atoms with van der Waals surface area (Å²) in [6, 6.07) is 7.87. The van der Waals surface area contributed by atoms with Gasteiger partial charge in [0, 0.05) is 18.3 Å². The minimum atomic E-state index is -3.35. The zero-order chi connectivity index (χ0) is 15.2. The van der Waals surface area contributed by atoms with Gasteiger partial charge in [0.25, 0.3) is 0 Å². The molecule has 0 saturated carbocycles. The molecule has 0 heterocycles. The van der Waals surface area contributed by atoms with E-state index in [0.717, 1.165) is 12.8 Å². The lowest BCUT2D eigenvalue weighted by Gasteiger charge is -2.17. The van der Waals surface area contributed by atoms with E-state index >= 15 is 0 Å². The van der Waals surface area contributed by atoms with Gasteiger partial charge in [0.05, 0.1) is 5.25 Å². The first-order valence-corrected chi connectivity index (χ1v) is 8.73. The largest absolute Gasteiger partial charge is 0.313 e. The molecule has 0 radical (unpaired) electrons. The number of anilines is 1. The molecule has 0 saturated heterocycles. The minimum Gasteiger partial charge on any atom is -0.313 e. The van der Waals surface area contributed by atoms with Gasteiger partial charge in [0.2, 0.25) is 10.0 Å². The summed E-state index contributed by atoms with van der Waals surface area (Å²) in [7, 11) is -3.35. The fourth-order valence-electron chi connectivity index (χ4n) is 1.80. The molecule has 2 N–H and O–H groups in total. The Bertz CT molecular complexity index is 495. The smallest absolute Gasteiger partial charge is 0.236 e. The predicted molar refractivity (Wildman–Crippen MR) is 85.6 cm³/mol. The maximum absolute atomic E-state index is 12.2. The maximum atomic E-state index is 12.2. The Kier molecular flexibility index (Phi) is 6.49. The maximum Gasteiger partial charge on any atom is 0.236 e. The second-order valence-electron chi connectivity index (χ2n) is 5.47. The van der Waals surface area contributed by atoms with Crippen LogP contribution in [-0.4, -0.2) is 26.3 Å². The molecule has 5 heteroatoms. The first-order valence-electron chi connectivity index (χ1n) is 7.19. The summed E-state index contributed by atoms with van der Waals surface area (Å²) in [5.41, 5.74) is 1.85. The lowest BCUT2D eigenvalue weighted by atomic mass is 10.1. The van der Waals surface area contributed by atoms with Crippen molar-refractivity contribution in [3.05, 3.63) is 29.8 Å². The third-order valence-electron chi connectivity index (χ3n) is 3.10. The van der Waals surface area contributed by atoms with E-state index in [0.29, 0.717) is 12.2 Å². The van der Waals surface area contributed by atoms with Gasteiger partial charge in [-0.25, -0.2) is 8.42 Å². The highest BCUT2D eigenvalue weighted by atomic mass is 32.2. The van der Waals surface area contributed by atoms with E-state index in [1.807, 2.05) is 38.1 Å². The van der Waals surface area contributed by atoms with Crippen LogP contribution in [0.1, 0.15) is 39.7 Å². The molecule has 1 unspecified atom stereocenters. The molecule has 0 aromatic heterocycles. The van der Waals surface area contributed by atoms with Crippen LogP contribution in [-0.2, 0) is 16.4 Å². The lowest BCUT2D eigenvalue weighted by molar-refractivity contribution is 0.553. The standard InChI is InChI=1S/C15H26N2O2S/c1-5-6-14-7-9-15(10-8-14)17-20(18,19)13(4)11-16-12(2)3/h7-10,12-13,16-17H,5-6,11H2,1-4H3. The van der Waals surface area contributed by atoms with Gasteiger partial charge < -0.3 is 5.32 Å². The molecule has 114 valence electrons. The topological polar surface area (TPSA) is 58.2 Å². The Labute approximate surface area is 123 Å². The van der Waals surface area contributed by atoms with Gasteiger partial charge in [-0.1, -0.05) is 39.3 Å². The summed E-state index contributed by atoms with van der Waals surface area (Å²) >= 11 is 0. The molecule has 0 aliphatic rings. The first-order chi connectivity index (χ1) is 9.35. The van der Waals surface area contributed by atoms with Crippen molar-refractivity contribution in [2.75, 3.05) is 11.3 Å². The molecule has 0 bridgehead atoms. The van der Waals surface area contributed by atoms with E-state index in [-0.39, 0.29) is 6.04 Å². The van der Waals surface area contributed by atoms with Crippen molar-refractivity contribution in [1.82, 2.24) is 5.32 Å². The van der Waals surface area contributed by atoms with Crippen LogP contribution in [0.3, 0.4) is 0 Å². The predicted octanol–water partition coefficient (Wildman–Crippen LogP) is 2.77. The van der Waals surface area contributed by atoms with E-state index in [2.05, 4.69) is 17.0 Å². The number of benzene rings is 1. The van der Waals surface area contributed by atoms with E-state index < -0.39 is 15.3 Å². The first kappa shape index (κ1) is 17.0. The van der Waals surface area contributed by atoms with E-state index in [4.69, 9.17) is 0 Å². The summed E-state index contributed by atoms with van der Waals surface area (Å²) in [6.07, 6.45) is 2.10. The van der Waals surface area contributed by atoms with Crippen molar-refractivity contribution in [3.8, 4) is 0 Å². The van der Waals surface area contributed by atoms with Gasteiger partial charge in [-0.05, 0) is 31.0 Å². The van der Waals surface area contributed by atoms with E-state index in [1.54, 1.807) is 6.92 Å². The number of rotatable bonds is 8. The average Bonchev–Trinajstić information content (AvgIpc) is 2.38. The quantitative estimate of drug-likeness (QED) is 0.776. The molecule has 0 aliphatic carbocycles.